The van der Waals surface area contributed by atoms with Gasteiger partial charge in [0.2, 0.25) is 0 Å². The molecule has 0 bridgehead atoms. The summed E-state index contributed by atoms with van der Waals surface area (Å²) in [6, 6.07) is 18.6. The van der Waals surface area contributed by atoms with Crippen molar-refractivity contribution in [1.82, 2.24) is 4.98 Å². The highest BCUT2D eigenvalue weighted by atomic mass is 32.2. The molecule has 7 heteroatoms. The van der Waals surface area contributed by atoms with E-state index < -0.39 is 10.0 Å². The number of rotatable bonds is 6. The molecule has 1 N–H and O–H groups in total. The van der Waals surface area contributed by atoms with E-state index in [1.165, 1.54) is 19.4 Å². The number of sulfonamides is 1. The third kappa shape index (κ3) is 3.89. The fourth-order valence-electron chi connectivity index (χ4n) is 2.16. The molecule has 0 radical (unpaired) electrons. The van der Waals surface area contributed by atoms with Crippen molar-refractivity contribution in [3.05, 3.63) is 72.9 Å². The van der Waals surface area contributed by atoms with Gasteiger partial charge in [0.1, 0.15) is 0 Å². The highest BCUT2D eigenvalue weighted by molar-refractivity contribution is 7.92. The highest BCUT2D eigenvalue weighted by Crippen LogP contribution is 2.35. The number of para-hydroxylation sites is 4. The average Bonchev–Trinajstić information content (AvgIpc) is 2.64. The zero-order valence-corrected chi connectivity index (χ0v) is 14.2. The van der Waals surface area contributed by atoms with Gasteiger partial charge in [-0.3, -0.25) is 4.72 Å². The maximum absolute atomic E-state index is 12.5. The largest absolute Gasteiger partial charge is 0.493 e. The Balaban J connectivity index is 1.92. The Bertz CT molecular complexity index is 960. The van der Waals surface area contributed by atoms with E-state index in [-0.39, 0.29) is 5.03 Å². The number of benzene rings is 2. The number of hydrogen-bond donors (Lipinski definition) is 1. The number of ether oxygens (including phenoxy) is 2. The van der Waals surface area contributed by atoms with E-state index in [1.807, 2.05) is 6.07 Å². The van der Waals surface area contributed by atoms with Gasteiger partial charge in [0.05, 0.1) is 12.8 Å². The van der Waals surface area contributed by atoms with Crippen molar-refractivity contribution in [2.45, 2.75) is 5.03 Å². The van der Waals surface area contributed by atoms with Crippen LogP contribution in [0.1, 0.15) is 0 Å². The Morgan fingerprint density at radius 3 is 2.16 bits per heavy atom. The van der Waals surface area contributed by atoms with Gasteiger partial charge in [-0.1, -0.05) is 30.3 Å². The molecule has 3 rings (SSSR count). The van der Waals surface area contributed by atoms with Crippen molar-refractivity contribution in [2.75, 3.05) is 11.8 Å². The van der Waals surface area contributed by atoms with E-state index >= 15 is 0 Å². The number of anilines is 1. The Morgan fingerprint density at radius 2 is 1.48 bits per heavy atom. The number of nitrogens with zero attached hydrogens (tertiary/aromatic N) is 1. The molecule has 0 saturated carbocycles. The van der Waals surface area contributed by atoms with Gasteiger partial charge in [0.15, 0.2) is 22.3 Å². The van der Waals surface area contributed by atoms with Crippen LogP contribution in [0.15, 0.2) is 78.0 Å². The second-order valence-corrected chi connectivity index (χ2v) is 6.65. The SMILES string of the molecule is COc1ccccc1Oc1ccccc1NS(=O)(=O)c1ccccn1. The lowest BCUT2D eigenvalue weighted by Crippen LogP contribution is -2.14. The van der Waals surface area contributed by atoms with E-state index in [4.69, 9.17) is 9.47 Å². The number of pyridine rings is 1. The minimum atomic E-state index is -3.82. The summed E-state index contributed by atoms with van der Waals surface area (Å²) in [7, 11) is -2.28. The Labute approximate surface area is 146 Å². The summed E-state index contributed by atoms with van der Waals surface area (Å²) < 4.78 is 38.6. The van der Waals surface area contributed by atoms with Gasteiger partial charge in [0.25, 0.3) is 10.0 Å². The molecule has 1 aromatic heterocycles. The fraction of sp³-hybridized carbons (Fsp3) is 0.0556. The van der Waals surface area contributed by atoms with Gasteiger partial charge in [-0.2, -0.15) is 8.42 Å². The number of aromatic nitrogens is 1. The molecule has 0 fully saturated rings. The van der Waals surface area contributed by atoms with Crippen LogP contribution in [0, 0.1) is 0 Å². The average molecular weight is 356 g/mol. The zero-order chi connectivity index (χ0) is 17.7. The van der Waals surface area contributed by atoms with Crippen molar-refractivity contribution >= 4 is 15.7 Å². The summed E-state index contributed by atoms with van der Waals surface area (Å²) in [6.45, 7) is 0. The van der Waals surface area contributed by atoms with Crippen molar-refractivity contribution in [1.29, 1.82) is 0 Å². The fourth-order valence-corrected chi connectivity index (χ4v) is 3.18. The summed E-state index contributed by atoms with van der Waals surface area (Å²) in [5.74, 6) is 1.38. The zero-order valence-electron chi connectivity index (χ0n) is 13.4. The third-order valence-electron chi connectivity index (χ3n) is 3.33. The van der Waals surface area contributed by atoms with Crippen molar-refractivity contribution in [3.8, 4) is 17.2 Å². The molecule has 128 valence electrons. The molecule has 3 aromatic rings. The van der Waals surface area contributed by atoms with Crippen LogP contribution in [0.25, 0.3) is 0 Å². The second kappa shape index (κ2) is 7.23. The first-order chi connectivity index (χ1) is 12.1. The van der Waals surface area contributed by atoms with Gasteiger partial charge < -0.3 is 9.47 Å². The smallest absolute Gasteiger partial charge is 0.279 e. The number of hydrogen-bond acceptors (Lipinski definition) is 5. The van der Waals surface area contributed by atoms with Gasteiger partial charge in [-0.15, -0.1) is 0 Å². The predicted octanol–water partition coefficient (Wildman–Crippen LogP) is 3.68. The molecule has 6 nitrogen and oxygen atoms in total. The van der Waals surface area contributed by atoms with Crippen molar-refractivity contribution in [2.24, 2.45) is 0 Å². The predicted molar refractivity (Wildman–Crippen MR) is 94.6 cm³/mol. The summed E-state index contributed by atoms with van der Waals surface area (Å²) in [4.78, 5) is 3.88. The summed E-state index contributed by atoms with van der Waals surface area (Å²) >= 11 is 0. The molecule has 0 spiro atoms. The van der Waals surface area contributed by atoms with E-state index in [0.29, 0.717) is 22.9 Å². The van der Waals surface area contributed by atoms with Crippen LogP contribution in [0.2, 0.25) is 0 Å². The van der Waals surface area contributed by atoms with Gasteiger partial charge >= 0.3 is 0 Å². The van der Waals surface area contributed by atoms with Crippen LogP contribution in [0.3, 0.4) is 0 Å². The first-order valence-corrected chi connectivity index (χ1v) is 8.92. The molecule has 0 aliphatic rings. The van der Waals surface area contributed by atoms with Crippen LogP contribution >= 0.6 is 0 Å². The molecule has 1 heterocycles. The first-order valence-electron chi connectivity index (χ1n) is 7.44. The summed E-state index contributed by atoms with van der Waals surface area (Å²) in [6.07, 6.45) is 1.42. The topological polar surface area (TPSA) is 77.5 Å². The number of nitrogens with one attached hydrogen (secondary N) is 1. The second-order valence-electron chi connectivity index (χ2n) is 5.02. The molecule has 0 saturated heterocycles. The Kier molecular flexibility index (Phi) is 4.85. The Morgan fingerprint density at radius 1 is 0.840 bits per heavy atom. The maximum Gasteiger partial charge on any atom is 0.279 e. The van der Waals surface area contributed by atoms with Gasteiger partial charge in [-0.25, -0.2) is 4.98 Å². The van der Waals surface area contributed by atoms with Gasteiger partial charge in [0, 0.05) is 6.20 Å². The van der Waals surface area contributed by atoms with E-state index in [0.717, 1.165) is 0 Å². The van der Waals surface area contributed by atoms with Crippen LogP contribution in [0.4, 0.5) is 5.69 Å². The molecule has 0 atom stereocenters. The van der Waals surface area contributed by atoms with E-state index in [9.17, 15) is 8.42 Å². The minimum Gasteiger partial charge on any atom is -0.493 e. The van der Waals surface area contributed by atoms with Crippen LogP contribution in [-0.2, 0) is 10.0 Å². The standard InChI is InChI=1S/C18H16N2O4S/c1-23-16-10-4-5-11-17(16)24-15-9-3-2-8-14(15)20-25(21,22)18-12-6-7-13-19-18/h2-13,20H,1H3. The normalized spacial score (nSPS) is 10.9. The summed E-state index contributed by atoms with van der Waals surface area (Å²) in [5.41, 5.74) is 0.305. The highest BCUT2D eigenvalue weighted by Gasteiger charge is 2.18. The molecule has 0 aliphatic heterocycles. The molecule has 0 amide bonds. The van der Waals surface area contributed by atoms with Crippen LogP contribution in [-0.4, -0.2) is 20.5 Å². The maximum atomic E-state index is 12.5. The lowest BCUT2D eigenvalue weighted by atomic mass is 10.3. The molecule has 0 unspecified atom stereocenters. The van der Waals surface area contributed by atoms with E-state index in [2.05, 4.69) is 9.71 Å². The molecular formula is C18H16N2O4S. The molecule has 0 aliphatic carbocycles. The Hall–Kier alpha value is -3.06. The first kappa shape index (κ1) is 16.8. The summed E-state index contributed by atoms with van der Waals surface area (Å²) in [5, 5.41) is -0.0675. The third-order valence-corrected chi connectivity index (χ3v) is 4.61. The molecular weight excluding hydrogens is 340 g/mol. The van der Waals surface area contributed by atoms with Crippen molar-refractivity contribution in [3.63, 3.8) is 0 Å². The lowest BCUT2D eigenvalue weighted by molar-refractivity contribution is 0.379. The number of methoxy groups -OCH3 is 1. The van der Waals surface area contributed by atoms with Gasteiger partial charge in [-0.05, 0) is 36.4 Å². The monoisotopic (exact) mass is 356 g/mol. The quantitative estimate of drug-likeness (QED) is 0.729. The minimum absolute atomic E-state index is 0.0675. The van der Waals surface area contributed by atoms with Crippen LogP contribution < -0.4 is 14.2 Å². The van der Waals surface area contributed by atoms with Crippen LogP contribution in [0.5, 0.6) is 17.2 Å². The lowest BCUT2D eigenvalue weighted by Gasteiger charge is -2.14. The van der Waals surface area contributed by atoms with Crippen molar-refractivity contribution < 1.29 is 17.9 Å². The van der Waals surface area contributed by atoms with E-state index in [1.54, 1.807) is 54.6 Å². The molecule has 2 aromatic carbocycles. The molecule has 25 heavy (non-hydrogen) atoms.